The van der Waals surface area contributed by atoms with Gasteiger partial charge in [-0.15, -0.1) is 10.3 Å². The first-order valence-electron chi connectivity index (χ1n) is 11.9. The zero-order valence-electron chi connectivity index (χ0n) is 21.9. The van der Waals surface area contributed by atoms with Crippen LogP contribution >= 0.6 is 0 Å². The minimum absolute atomic E-state index is 0.121. The number of rotatable bonds is 4. The Morgan fingerprint density at radius 3 is 2.37 bits per heavy atom. The molecule has 1 saturated heterocycles. The number of benzene rings is 1. The van der Waals surface area contributed by atoms with Crippen LogP contribution in [0, 0.1) is 11.5 Å². The Kier molecular flexibility index (Phi) is 7.78. The quantitative estimate of drug-likeness (QED) is 0.363. The van der Waals surface area contributed by atoms with Crippen molar-refractivity contribution < 1.29 is 13.3 Å². The second kappa shape index (κ2) is 9.85. The van der Waals surface area contributed by atoms with E-state index in [1.54, 1.807) is 18.0 Å². The van der Waals surface area contributed by atoms with Crippen LogP contribution in [-0.2, 0) is 18.4 Å². The third-order valence-corrected chi connectivity index (χ3v) is 8.41. The van der Waals surface area contributed by atoms with Crippen LogP contribution in [-0.4, -0.2) is 45.9 Å². The van der Waals surface area contributed by atoms with E-state index < -0.39 is 30.1 Å². The van der Waals surface area contributed by atoms with E-state index in [0.29, 0.717) is 28.0 Å². The smallest absolute Gasteiger partial charge is 0.262 e. The highest BCUT2D eigenvalue weighted by molar-refractivity contribution is 7.90. The maximum atomic E-state index is 13.8. The number of alkyl halides is 2. The van der Waals surface area contributed by atoms with Gasteiger partial charge in [-0.1, -0.05) is 25.6 Å². The van der Waals surface area contributed by atoms with E-state index in [4.69, 9.17) is 4.98 Å². The van der Waals surface area contributed by atoms with E-state index in [1.807, 2.05) is 33.8 Å². The number of nitrogens with zero attached hydrogens (tertiary/aromatic N) is 3. The Labute approximate surface area is 210 Å². The molecule has 0 spiro atoms. The molecule has 1 N–H and O–H groups in total. The van der Waals surface area contributed by atoms with E-state index in [0.717, 1.165) is 0 Å². The Balaban J connectivity index is 2.19. The summed E-state index contributed by atoms with van der Waals surface area (Å²) in [6.07, 6.45) is -0.553. The van der Waals surface area contributed by atoms with E-state index in [2.05, 4.69) is 35.8 Å². The van der Waals surface area contributed by atoms with Crippen molar-refractivity contribution in [2.45, 2.75) is 76.9 Å². The van der Waals surface area contributed by atoms with Crippen LogP contribution in [0.3, 0.4) is 0 Å². The van der Waals surface area contributed by atoms with E-state index in [1.165, 1.54) is 4.57 Å². The third-order valence-electron chi connectivity index (χ3n) is 5.85. The number of aromatic nitrogens is 2. The van der Waals surface area contributed by atoms with Gasteiger partial charge in [-0.3, -0.25) is 9.36 Å². The molecule has 0 aliphatic carbocycles. The van der Waals surface area contributed by atoms with Crippen LogP contribution < -0.4 is 15.2 Å². The summed E-state index contributed by atoms with van der Waals surface area (Å²) in [6, 6.07) is 3.26. The highest BCUT2D eigenvalue weighted by Crippen LogP contribution is 2.31. The second-order valence-corrected chi connectivity index (χ2v) is 18.0. The fourth-order valence-electron chi connectivity index (χ4n) is 3.77. The van der Waals surface area contributed by atoms with Gasteiger partial charge in [0, 0.05) is 55.5 Å². The molecule has 2 atom stereocenters. The molecule has 35 heavy (non-hydrogen) atoms. The molecule has 1 aliphatic heterocycles. The Bertz CT molecular complexity index is 1210. The van der Waals surface area contributed by atoms with Crippen molar-refractivity contribution in [1.82, 2.24) is 14.3 Å². The molecule has 192 valence electrons. The first-order chi connectivity index (χ1) is 16.0. The Morgan fingerprint density at radius 2 is 1.83 bits per heavy atom. The number of fused-ring (bicyclic) bond motifs is 1. The largest absolute Gasteiger partial charge is 0.598 e. The molecule has 3 rings (SSSR count). The van der Waals surface area contributed by atoms with Crippen molar-refractivity contribution in [3.63, 3.8) is 0 Å². The number of halogens is 2. The highest BCUT2D eigenvalue weighted by atomic mass is 32.2. The fourth-order valence-corrected chi connectivity index (χ4v) is 5.09. The number of hydrogen-bond donors (Lipinski definition) is 1. The molecule has 1 aromatic carbocycles. The lowest BCUT2D eigenvalue weighted by Gasteiger charge is -2.33. The maximum Gasteiger partial charge on any atom is 0.262 e. The average molecular weight is 523 g/mol. The summed E-state index contributed by atoms with van der Waals surface area (Å²) in [4.78, 5) is 20.0. The number of piperidine rings is 1. The van der Waals surface area contributed by atoms with Crippen molar-refractivity contribution in [2.75, 3.05) is 18.0 Å². The average Bonchev–Trinajstić information content (AvgIpc) is 2.73. The molecule has 1 aliphatic rings. The summed E-state index contributed by atoms with van der Waals surface area (Å²) >= 11 is -1.35. The van der Waals surface area contributed by atoms with Gasteiger partial charge >= 0.3 is 0 Å². The molecular weight excluding hydrogens is 486 g/mol. The summed E-state index contributed by atoms with van der Waals surface area (Å²) < 4.78 is 44.4. The van der Waals surface area contributed by atoms with Crippen LogP contribution in [0.5, 0.6) is 0 Å². The minimum Gasteiger partial charge on any atom is -0.598 e. The first kappa shape index (κ1) is 27.7. The van der Waals surface area contributed by atoms with Crippen molar-refractivity contribution in [3.05, 3.63) is 33.6 Å². The van der Waals surface area contributed by atoms with Crippen LogP contribution in [0.4, 0.5) is 14.7 Å². The predicted molar refractivity (Wildman–Crippen MR) is 143 cm³/mol. The van der Waals surface area contributed by atoms with Gasteiger partial charge in [-0.2, -0.15) is 0 Å². The molecule has 0 radical (unpaired) electrons. The van der Waals surface area contributed by atoms with E-state index in [9.17, 15) is 18.1 Å². The van der Waals surface area contributed by atoms with E-state index in [-0.39, 0.29) is 37.5 Å². The third kappa shape index (κ3) is 6.64. The van der Waals surface area contributed by atoms with Gasteiger partial charge in [0.25, 0.3) is 11.5 Å². The fraction of sp³-hybridized carbons (Fsp3) is 0.600. The van der Waals surface area contributed by atoms with Crippen LogP contribution in [0.25, 0.3) is 10.9 Å². The van der Waals surface area contributed by atoms with Crippen molar-refractivity contribution in [3.8, 4) is 11.5 Å². The zero-order valence-corrected chi connectivity index (χ0v) is 23.7. The lowest BCUT2D eigenvalue weighted by molar-refractivity contribution is -0.0223. The highest BCUT2D eigenvalue weighted by Gasteiger charge is 2.35. The molecule has 1 fully saturated rings. The van der Waals surface area contributed by atoms with Crippen LogP contribution in [0.15, 0.2) is 16.9 Å². The van der Waals surface area contributed by atoms with E-state index >= 15 is 0 Å². The van der Waals surface area contributed by atoms with Crippen molar-refractivity contribution in [1.29, 1.82) is 0 Å². The second-order valence-electron chi connectivity index (χ2n) is 11.3. The summed E-state index contributed by atoms with van der Waals surface area (Å²) in [5.74, 6) is 0.895. The van der Waals surface area contributed by atoms with Gasteiger partial charge in [0.15, 0.2) is 0 Å². The van der Waals surface area contributed by atoms with Crippen molar-refractivity contribution >= 4 is 36.3 Å². The molecule has 1 aromatic heterocycles. The van der Waals surface area contributed by atoms with Crippen molar-refractivity contribution in [2.24, 2.45) is 7.05 Å². The Hall–Kier alpha value is -1.93. The van der Waals surface area contributed by atoms with Gasteiger partial charge in [0.2, 0.25) is 5.95 Å². The Morgan fingerprint density at radius 1 is 1.23 bits per heavy atom. The minimum atomic E-state index is -2.70. The standard InChI is InChI=1S/C25H36F2N4O2SSi/c1-17(29-34(33)24(2,3)4)19-15-18(9-14-35(6,7)8)16-20-21(19)28-23(30(5)22(20)32)31-12-10-25(26,27)11-13-31/h15-17,29H,10-13H2,1-8H3/t17-,34?/m1/s1. The summed E-state index contributed by atoms with van der Waals surface area (Å²) in [6.45, 7) is 14.2. The van der Waals surface area contributed by atoms with Gasteiger partial charge in [0.05, 0.1) is 16.9 Å². The first-order valence-corrected chi connectivity index (χ1v) is 16.5. The number of hydrogen-bond acceptors (Lipinski definition) is 5. The van der Waals surface area contributed by atoms with Crippen LogP contribution in [0.1, 0.15) is 57.7 Å². The molecule has 0 bridgehead atoms. The molecule has 6 nitrogen and oxygen atoms in total. The monoisotopic (exact) mass is 522 g/mol. The maximum absolute atomic E-state index is 13.8. The van der Waals surface area contributed by atoms with Crippen LogP contribution in [0.2, 0.25) is 19.6 Å². The predicted octanol–water partition coefficient (Wildman–Crippen LogP) is 4.51. The number of nitrogens with one attached hydrogen (secondary N) is 1. The molecule has 1 unspecified atom stereocenters. The zero-order chi connectivity index (χ0) is 26.3. The van der Waals surface area contributed by atoms with Gasteiger partial charge in [0.1, 0.15) is 12.8 Å². The number of anilines is 1. The molecule has 0 amide bonds. The summed E-state index contributed by atoms with van der Waals surface area (Å²) in [5.41, 5.74) is 4.97. The lowest BCUT2D eigenvalue weighted by atomic mass is 10.0. The molecule has 2 heterocycles. The molecular formula is C25H36F2N4O2SSi. The van der Waals surface area contributed by atoms with Gasteiger partial charge in [-0.05, 0) is 39.8 Å². The summed E-state index contributed by atoms with van der Waals surface area (Å²) in [5, 5.41) is 0.408. The topological polar surface area (TPSA) is 73.2 Å². The summed E-state index contributed by atoms with van der Waals surface area (Å²) in [7, 11) is -0.0449. The SMILES string of the molecule is C[C@@H](N[S+]([O-])C(C)(C)C)c1cc(C#C[Si](C)(C)C)cc2c(=O)n(C)c(N3CCC(F)(F)CC3)nc12. The molecule has 0 saturated carbocycles. The van der Waals surface area contributed by atoms with Gasteiger partial charge in [-0.25, -0.2) is 13.8 Å². The molecule has 2 aromatic rings. The van der Waals surface area contributed by atoms with Gasteiger partial charge < -0.3 is 9.45 Å². The lowest BCUT2D eigenvalue weighted by Crippen LogP contribution is -2.42. The molecule has 10 heteroatoms. The normalized spacial score (nSPS) is 18.2.